The number of nitrogens with zero attached hydrogens (tertiary/aromatic N) is 6. The van der Waals surface area contributed by atoms with Gasteiger partial charge in [0.2, 0.25) is 0 Å². The minimum atomic E-state index is -0.0721. The molecular weight excluding hydrogens is 673 g/mol. The average Bonchev–Trinajstić information content (AvgIpc) is 3.18. The third kappa shape index (κ3) is 7.76. The standard InChI is InChI=1S/C42H41Cl2N7/c43-34-15-13-33(14-16-34)42(46-38-19-20-45-39-29-35(44)17-18-37(38)39)32-11-9-31(10-12-32)30-48-21-23-50(24-22-48)40-7-4-8-41(47-40)51-27-25-49(26-28-51)36-5-2-1-3-6-36/h1-20,29,42H,21-28,30H2,(H,45,46). The molecule has 1 atom stereocenters. The molecule has 258 valence electrons. The molecule has 0 aliphatic carbocycles. The lowest BCUT2D eigenvalue weighted by Crippen LogP contribution is -2.47. The van der Waals surface area contributed by atoms with Crippen LogP contribution in [0.1, 0.15) is 22.7 Å². The van der Waals surface area contributed by atoms with Gasteiger partial charge in [-0.25, -0.2) is 4.98 Å². The first kappa shape index (κ1) is 33.3. The zero-order chi connectivity index (χ0) is 34.6. The summed E-state index contributed by atoms with van der Waals surface area (Å²) in [6, 6.07) is 42.0. The topological polar surface area (TPSA) is 50.8 Å². The van der Waals surface area contributed by atoms with Crippen molar-refractivity contribution < 1.29 is 0 Å². The van der Waals surface area contributed by atoms with Crippen molar-refractivity contribution in [1.29, 1.82) is 0 Å². The van der Waals surface area contributed by atoms with E-state index in [1.165, 1.54) is 16.8 Å². The molecule has 1 unspecified atom stereocenters. The number of pyridine rings is 2. The van der Waals surface area contributed by atoms with E-state index < -0.39 is 0 Å². The van der Waals surface area contributed by atoms with Crippen LogP contribution >= 0.6 is 23.2 Å². The molecule has 1 N–H and O–H groups in total. The van der Waals surface area contributed by atoms with Gasteiger partial charge in [0, 0.05) is 91.9 Å². The Bertz CT molecular complexity index is 2060. The molecule has 0 spiro atoms. The predicted molar refractivity (Wildman–Crippen MR) is 213 cm³/mol. The van der Waals surface area contributed by atoms with E-state index in [2.05, 4.69) is 115 Å². The van der Waals surface area contributed by atoms with E-state index in [4.69, 9.17) is 28.2 Å². The summed E-state index contributed by atoms with van der Waals surface area (Å²) >= 11 is 12.5. The highest BCUT2D eigenvalue weighted by Gasteiger charge is 2.22. The summed E-state index contributed by atoms with van der Waals surface area (Å²) in [4.78, 5) is 19.5. The van der Waals surface area contributed by atoms with Gasteiger partial charge in [-0.3, -0.25) is 9.88 Å². The molecular formula is C42H41Cl2N7. The van der Waals surface area contributed by atoms with Gasteiger partial charge in [0.15, 0.2) is 0 Å². The lowest BCUT2D eigenvalue weighted by molar-refractivity contribution is 0.249. The van der Waals surface area contributed by atoms with Gasteiger partial charge < -0.3 is 20.0 Å². The predicted octanol–water partition coefficient (Wildman–Crippen LogP) is 8.79. The van der Waals surface area contributed by atoms with Crippen LogP contribution in [0.4, 0.5) is 23.0 Å². The number of hydrogen-bond acceptors (Lipinski definition) is 7. The molecule has 51 heavy (non-hydrogen) atoms. The molecule has 7 nitrogen and oxygen atoms in total. The van der Waals surface area contributed by atoms with E-state index in [1.54, 1.807) is 0 Å². The number of fused-ring (bicyclic) bond motifs is 1. The average molecular weight is 715 g/mol. The fraction of sp³-hybridized carbons (Fsp3) is 0.238. The molecule has 6 aromatic rings. The van der Waals surface area contributed by atoms with Crippen molar-refractivity contribution in [2.24, 2.45) is 0 Å². The molecule has 2 aliphatic heterocycles. The van der Waals surface area contributed by atoms with Crippen molar-refractivity contribution in [2.75, 3.05) is 72.4 Å². The Morgan fingerprint density at radius 3 is 1.88 bits per heavy atom. The van der Waals surface area contributed by atoms with Crippen LogP contribution in [-0.2, 0) is 6.54 Å². The summed E-state index contributed by atoms with van der Waals surface area (Å²) in [6.07, 6.45) is 1.82. The van der Waals surface area contributed by atoms with Gasteiger partial charge in [-0.05, 0) is 77.4 Å². The lowest BCUT2D eigenvalue weighted by Gasteiger charge is -2.38. The van der Waals surface area contributed by atoms with Crippen LogP contribution in [0.25, 0.3) is 10.9 Å². The second kappa shape index (κ2) is 15.2. The Kier molecular flexibility index (Phi) is 9.93. The van der Waals surface area contributed by atoms with Crippen LogP contribution in [0.2, 0.25) is 10.0 Å². The SMILES string of the molecule is Clc1ccc(C(Nc2ccnc3cc(Cl)ccc23)c2ccc(CN3CCN(c4cccc(N5CCN(c6ccccc6)CC5)n4)CC3)cc2)cc1. The van der Waals surface area contributed by atoms with Crippen LogP contribution in [0.5, 0.6) is 0 Å². The van der Waals surface area contributed by atoms with Gasteiger partial charge in [0.1, 0.15) is 11.6 Å². The highest BCUT2D eigenvalue weighted by Crippen LogP contribution is 2.32. The van der Waals surface area contributed by atoms with Gasteiger partial charge in [-0.15, -0.1) is 0 Å². The Balaban J connectivity index is 0.899. The second-order valence-corrected chi connectivity index (χ2v) is 14.2. The smallest absolute Gasteiger partial charge is 0.131 e. The first-order valence-electron chi connectivity index (χ1n) is 17.7. The van der Waals surface area contributed by atoms with Crippen molar-refractivity contribution in [3.05, 3.63) is 154 Å². The Labute approximate surface area is 310 Å². The molecule has 2 aliphatic rings. The van der Waals surface area contributed by atoms with Crippen LogP contribution < -0.4 is 20.0 Å². The second-order valence-electron chi connectivity index (χ2n) is 13.3. The fourth-order valence-electron chi connectivity index (χ4n) is 7.22. The Morgan fingerprint density at radius 1 is 0.588 bits per heavy atom. The normalized spacial score (nSPS) is 16.0. The number of nitrogens with one attached hydrogen (secondary N) is 1. The summed E-state index contributed by atoms with van der Waals surface area (Å²) < 4.78 is 0. The lowest BCUT2D eigenvalue weighted by atomic mass is 9.97. The maximum atomic E-state index is 6.28. The molecule has 9 heteroatoms. The van der Waals surface area contributed by atoms with Crippen molar-refractivity contribution in [1.82, 2.24) is 14.9 Å². The van der Waals surface area contributed by atoms with Gasteiger partial charge in [-0.1, -0.05) is 83.9 Å². The summed E-state index contributed by atoms with van der Waals surface area (Å²) in [6.45, 7) is 8.80. The van der Waals surface area contributed by atoms with Crippen LogP contribution in [-0.4, -0.2) is 67.2 Å². The summed E-state index contributed by atoms with van der Waals surface area (Å²) in [7, 11) is 0. The molecule has 0 bridgehead atoms. The number of hydrogen-bond donors (Lipinski definition) is 1. The number of para-hydroxylation sites is 1. The van der Waals surface area contributed by atoms with E-state index in [1.807, 2.05) is 42.6 Å². The molecule has 4 aromatic carbocycles. The van der Waals surface area contributed by atoms with Gasteiger partial charge in [0.05, 0.1) is 11.6 Å². The van der Waals surface area contributed by atoms with Crippen molar-refractivity contribution in [3.8, 4) is 0 Å². The van der Waals surface area contributed by atoms with Crippen LogP contribution in [0.15, 0.2) is 128 Å². The van der Waals surface area contributed by atoms with Crippen LogP contribution in [0, 0.1) is 0 Å². The summed E-state index contributed by atoms with van der Waals surface area (Å²) in [5.74, 6) is 2.16. The van der Waals surface area contributed by atoms with Gasteiger partial charge >= 0.3 is 0 Å². The zero-order valence-corrected chi connectivity index (χ0v) is 30.0. The molecule has 2 saturated heterocycles. The van der Waals surface area contributed by atoms with E-state index in [0.717, 1.165) is 97.7 Å². The maximum Gasteiger partial charge on any atom is 0.131 e. The summed E-state index contributed by atoms with van der Waals surface area (Å²) in [5.41, 5.74) is 6.78. The largest absolute Gasteiger partial charge is 0.374 e. The maximum absolute atomic E-state index is 6.28. The highest BCUT2D eigenvalue weighted by atomic mass is 35.5. The first-order valence-corrected chi connectivity index (χ1v) is 18.5. The molecule has 0 radical (unpaired) electrons. The highest BCUT2D eigenvalue weighted by molar-refractivity contribution is 6.31. The van der Waals surface area contributed by atoms with E-state index >= 15 is 0 Å². The number of benzene rings is 4. The first-order chi connectivity index (χ1) is 25.1. The molecule has 8 rings (SSSR count). The van der Waals surface area contributed by atoms with Crippen molar-refractivity contribution in [2.45, 2.75) is 12.6 Å². The molecule has 2 aromatic heterocycles. The van der Waals surface area contributed by atoms with Crippen molar-refractivity contribution >= 4 is 57.1 Å². The Morgan fingerprint density at radius 2 is 1.20 bits per heavy atom. The molecule has 2 fully saturated rings. The summed E-state index contributed by atoms with van der Waals surface area (Å²) in [5, 5.41) is 6.22. The van der Waals surface area contributed by atoms with E-state index in [-0.39, 0.29) is 6.04 Å². The van der Waals surface area contributed by atoms with E-state index in [9.17, 15) is 0 Å². The number of piperazine rings is 2. The minimum absolute atomic E-state index is 0.0721. The van der Waals surface area contributed by atoms with Gasteiger partial charge in [0.25, 0.3) is 0 Å². The van der Waals surface area contributed by atoms with Crippen molar-refractivity contribution in [3.63, 3.8) is 0 Å². The monoisotopic (exact) mass is 713 g/mol. The quantitative estimate of drug-likeness (QED) is 0.161. The fourth-order valence-corrected chi connectivity index (χ4v) is 7.52. The third-order valence-electron chi connectivity index (χ3n) is 10.1. The van der Waals surface area contributed by atoms with Crippen LogP contribution in [0.3, 0.4) is 0 Å². The van der Waals surface area contributed by atoms with E-state index in [0.29, 0.717) is 5.02 Å². The molecule has 4 heterocycles. The third-order valence-corrected chi connectivity index (χ3v) is 10.6. The number of aromatic nitrogens is 2. The molecule has 0 amide bonds. The molecule has 0 saturated carbocycles. The number of halogens is 2. The number of rotatable bonds is 9. The number of anilines is 4. The van der Waals surface area contributed by atoms with Gasteiger partial charge in [-0.2, -0.15) is 0 Å². The zero-order valence-electron chi connectivity index (χ0n) is 28.5. The minimum Gasteiger partial charge on any atom is -0.374 e. The Hall–Kier alpha value is -4.82.